The zero-order chi connectivity index (χ0) is 17.2. The van der Waals surface area contributed by atoms with E-state index in [-0.39, 0.29) is 9.76 Å². The molecule has 140 valence electrons. The third kappa shape index (κ3) is 15.6. The van der Waals surface area contributed by atoms with Crippen molar-refractivity contribution in [1.29, 1.82) is 0 Å². The SMILES string of the molecule is CCOP(=O)(CCCCCCCCCCCC[SiH2]OC)OCC. The van der Waals surface area contributed by atoms with E-state index in [1.165, 1.54) is 57.4 Å². The van der Waals surface area contributed by atoms with Crippen LogP contribution < -0.4 is 0 Å². The Morgan fingerprint density at radius 1 is 0.739 bits per heavy atom. The van der Waals surface area contributed by atoms with Gasteiger partial charge in [0.1, 0.15) is 0 Å². The first-order valence-electron chi connectivity index (χ1n) is 9.55. The smallest absolute Gasteiger partial charge is 0.330 e. The predicted octanol–water partition coefficient (Wildman–Crippen LogP) is 5.30. The zero-order valence-electron chi connectivity index (χ0n) is 15.7. The van der Waals surface area contributed by atoms with Crippen LogP contribution in [0.25, 0.3) is 0 Å². The molecule has 0 saturated carbocycles. The van der Waals surface area contributed by atoms with Gasteiger partial charge in [-0.1, -0.05) is 57.8 Å². The minimum absolute atomic E-state index is 0.189. The lowest BCUT2D eigenvalue weighted by Gasteiger charge is -2.16. The quantitative estimate of drug-likeness (QED) is 0.187. The maximum absolute atomic E-state index is 12.3. The van der Waals surface area contributed by atoms with E-state index in [0.29, 0.717) is 19.4 Å². The molecule has 0 radical (unpaired) electrons. The molecule has 0 aromatic heterocycles. The van der Waals surface area contributed by atoms with Crippen molar-refractivity contribution in [2.45, 2.75) is 84.1 Å². The van der Waals surface area contributed by atoms with E-state index >= 15 is 0 Å². The second kappa shape index (κ2) is 17.2. The van der Waals surface area contributed by atoms with Gasteiger partial charge in [-0.05, 0) is 26.3 Å². The summed E-state index contributed by atoms with van der Waals surface area (Å²) in [6, 6.07) is 1.34. The molecule has 0 rings (SSSR count). The van der Waals surface area contributed by atoms with Gasteiger partial charge in [0.05, 0.1) is 19.4 Å². The van der Waals surface area contributed by atoms with Crippen LogP contribution >= 0.6 is 7.60 Å². The van der Waals surface area contributed by atoms with Gasteiger partial charge in [-0.15, -0.1) is 0 Å². The Morgan fingerprint density at radius 2 is 1.17 bits per heavy atom. The minimum Gasteiger partial charge on any atom is -0.427 e. The summed E-state index contributed by atoms with van der Waals surface area (Å²) in [6.45, 7) is 4.66. The van der Waals surface area contributed by atoms with E-state index in [1.54, 1.807) is 0 Å². The van der Waals surface area contributed by atoms with Crippen LogP contribution in [0.2, 0.25) is 6.04 Å². The molecule has 23 heavy (non-hydrogen) atoms. The molecule has 0 N–H and O–H groups in total. The molecule has 0 aliphatic rings. The molecule has 0 fully saturated rings. The summed E-state index contributed by atoms with van der Waals surface area (Å²) in [5, 5.41) is 0. The maximum Gasteiger partial charge on any atom is 0.330 e. The Kier molecular flexibility index (Phi) is 17.4. The van der Waals surface area contributed by atoms with E-state index in [9.17, 15) is 4.57 Å². The van der Waals surface area contributed by atoms with Gasteiger partial charge >= 0.3 is 7.60 Å². The molecule has 0 aliphatic heterocycles. The second-order valence-electron chi connectivity index (χ2n) is 6.05. The topological polar surface area (TPSA) is 44.8 Å². The van der Waals surface area contributed by atoms with Crippen molar-refractivity contribution in [3.8, 4) is 0 Å². The second-order valence-corrected chi connectivity index (χ2v) is 9.93. The number of hydrogen-bond acceptors (Lipinski definition) is 4. The Balaban J connectivity index is 3.34. The molecular weight excluding hydrogens is 327 g/mol. The summed E-state index contributed by atoms with van der Waals surface area (Å²) < 4.78 is 28.1. The average molecular weight is 367 g/mol. The number of unbranched alkanes of at least 4 members (excludes halogenated alkanes) is 9. The van der Waals surface area contributed by atoms with E-state index < -0.39 is 7.60 Å². The lowest BCUT2D eigenvalue weighted by Crippen LogP contribution is -2.00. The van der Waals surface area contributed by atoms with Crippen molar-refractivity contribution in [2.75, 3.05) is 26.5 Å². The van der Waals surface area contributed by atoms with Crippen LogP contribution in [0.5, 0.6) is 0 Å². The van der Waals surface area contributed by atoms with Crippen molar-refractivity contribution >= 4 is 17.4 Å². The van der Waals surface area contributed by atoms with Gasteiger partial charge in [-0.2, -0.15) is 0 Å². The van der Waals surface area contributed by atoms with Crippen molar-refractivity contribution < 1.29 is 18.0 Å². The highest BCUT2D eigenvalue weighted by Gasteiger charge is 2.22. The summed E-state index contributed by atoms with van der Waals surface area (Å²) >= 11 is 0. The fraction of sp³-hybridized carbons (Fsp3) is 1.00. The lowest BCUT2D eigenvalue weighted by molar-refractivity contribution is 0.219. The van der Waals surface area contributed by atoms with E-state index in [1.807, 2.05) is 21.0 Å². The highest BCUT2D eigenvalue weighted by atomic mass is 31.2. The van der Waals surface area contributed by atoms with Crippen molar-refractivity contribution in [2.24, 2.45) is 0 Å². The molecular formula is C17H39O4PSi. The average Bonchev–Trinajstić information content (AvgIpc) is 2.52. The molecule has 0 aromatic carbocycles. The van der Waals surface area contributed by atoms with Crippen LogP contribution in [0.3, 0.4) is 0 Å². The van der Waals surface area contributed by atoms with Crippen LogP contribution in [-0.2, 0) is 18.0 Å². The van der Waals surface area contributed by atoms with Gasteiger partial charge in [-0.25, -0.2) is 0 Å². The minimum atomic E-state index is -2.81. The maximum atomic E-state index is 12.3. The Morgan fingerprint density at radius 3 is 1.61 bits per heavy atom. The molecule has 0 unspecified atom stereocenters. The Bertz CT molecular complexity index is 280. The standard InChI is InChI=1S/C17H39O4PSi/c1-4-20-22(18,21-5-2)16-14-12-10-8-6-7-9-11-13-15-17-23-19-3/h4-17,23H2,1-3H3. The monoisotopic (exact) mass is 366 g/mol. The fourth-order valence-electron chi connectivity index (χ4n) is 2.70. The van der Waals surface area contributed by atoms with Gasteiger partial charge in [0.15, 0.2) is 9.76 Å². The van der Waals surface area contributed by atoms with E-state index in [0.717, 1.165) is 12.8 Å². The zero-order valence-corrected chi connectivity index (χ0v) is 18.0. The summed E-state index contributed by atoms with van der Waals surface area (Å²) in [7, 11) is -1.17. The third-order valence-electron chi connectivity index (χ3n) is 3.93. The van der Waals surface area contributed by atoms with Crippen LogP contribution in [0.15, 0.2) is 0 Å². The number of hydrogen-bond donors (Lipinski definition) is 0. The molecule has 4 nitrogen and oxygen atoms in total. The van der Waals surface area contributed by atoms with Crippen molar-refractivity contribution in [1.82, 2.24) is 0 Å². The molecule has 0 atom stereocenters. The lowest BCUT2D eigenvalue weighted by atomic mass is 10.1. The summed E-state index contributed by atoms with van der Waals surface area (Å²) in [5.41, 5.74) is 0. The summed E-state index contributed by atoms with van der Waals surface area (Å²) in [4.78, 5) is 0. The number of rotatable bonds is 18. The van der Waals surface area contributed by atoms with Gasteiger partial charge < -0.3 is 13.5 Å². The normalized spacial score (nSPS) is 12.5. The molecule has 0 aromatic rings. The summed E-state index contributed by atoms with van der Waals surface area (Å²) in [5.74, 6) is 0. The third-order valence-corrected chi connectivity index (χ3v) is 7.30. The fourth-order valence-corrected chi connectivity index (χ4v) is 5.28. The van der Waals surface area contributed by atoms with Gasteiger partial charge in [0.2, 0.25) is 0 Å². The molecule has 0 amide bonds. The van der Waals surface area contributed by atoms with E-state index in [4.69, 9.17) is 13.5 Å². The van der Waals surface area contributed by atoms with Crippen molar-refractivity contribution in [3.63, 3.8) is 0 Å². The largest absolute Gasteiger partial charge is 0.427 e. The molecule has 0 heterocycles. The molecule has 0 bridgehead atoms. The molecule has 0 saturated heterocycles. The highest BCUT2D eigenvalue weighted by molar-refractivity contribution is 7.53. The summed E-state index contributed by atoms with van der Waals surface area (Å²) in [6.07, 6.45) is 13.4. The molecule has 0 aliphatic carbocycles. The van der Waals surface area contributed by atoms with Crippen LogP contribution in [0, 0.1) is 0 Å². The Labute approximate surface area is 146 Å². The first-order chi connectivity index (χ1) is 11.2. The van der Waals surface area contributed by atoms with Gasteiger partial charge in [0.25, 0.3) is 0 Å². The molecule has 0 spiro atoms. The Hall–Kier alpha value is 0.327. The van der Waals surface area contributed by atoms with Crippen molar-refractivity contribution in [3.05, 3.63) is 0 Å². The predicted molar refractivity (Wildman–Crippen MR) is 102 cm³/mol. The van der Waals surface area contributed by atoms with E-state index in [2.05, 4.69) is 0 Å². The molecule has 6 heteroatoms. The van der Waals surface area contributed by atoms with Crippen LogP contribution in [0.4, 0.5) is 0 Å². The van der Waals surface area contributed by atoms with Gasteiger partial charge in [-0.3, -0.25) is 4.57 Å². The first kappa shape index (κ1) is 23.3. The van der Waals surface area contributed by atoms with Crippen LogP contribution in [-0.4, -0.2) is 36.2 Å². The highest BCUT2D eigenvalue weighted by Crippen LogP contribution is 2.48. The first-order valence-corrected chi connectivity index (χ1v) is 12.9. The van der Waals surface area contributed by atoms with Gasteiger partial charge in [0, 0.05) is 7.11 Å². The van der Waals surface area contributed by atoms with Crippen LogP contribution in [0.1, 0.15) is 78.1 Å².